The van der Waals surface area contributed by atoms with Gasteiger partial charge in [0.1, 0.15) is 5.75 Å². The van der Waals surface area contributed by atoms with Gasteiger partial charge in [0.15, 0.2) is 11.6 Å². The minimum Gasteiger partial charge on any atom is -0.454 e. The van der Waals surface area contributed by atoms with Crippen LogP contribution in [0.1, 0.15) is 16.7 Å². The van der Waals surface area contributed by atoms with E-state index in [0.717, 1.165) is 16.7 Å². The molecule has 0 aliphatic heterocycles. The molecule has 0 aliphatic rings. The highest BCUT2D eigenvalue weighted by Crippen LogP contribution is 2.32. The van der Waals surface area contributed by atoms with Gasteiger partial charge in [-0.3, -0.25) is 0 Å². The van der Waals surface area contributed by atoms with E-state index < -0.39 is 5.82 Å². The number of alkyl halides is 1. The second kappa shape index (κ2) is 5.81. The van der Waals surface area contributed by atoms with E-state index in [2.05, 4.69) is 0 Å². The number of halogens is 3. The number of aryl methyl sites for hydroxylation is 2. The third-order valence-corrected chi connectivity index (χ3v) is 3.31. The fourth-order valence-corrected chi connectivity index (χ4v) is 2.37. The van der Waals surface area contributed by atoms with Crippen molar-refractivity contribution in [1.82, 2.24) is 0 Å². The summed E-state index contributed by atoms with van der Waals surface area (Å²) in [6.45, 7) is 3.75. The van der Waals surface area contributed by atoms with Gasteiger partial charge in [-0.05, 0) is 54.8 Å². The van der Waals surface area contributed by atoms with Gasteiger partial charge in [0.25, 0.3) is 0 Å². The van der Waals surface area contributed by atoms with E-state index in [4.69, 9.17) is 27.9 Å². The zero-order valence-corrected chi connectivity index (χ0v) is 12.1. The monoisotopic (exact) mass is 298 g/mol. The fourth-order valence-electron chi connectivity index (χ4n) is 1.88. The molecule has 0 amide bonds. The highest BCUT2D eigenvalue weighted by molar-refractivity contribution is 6.30. The molecule has 0 radical (unpaired) electrons. The lowest BCUT2D eigenvalue weighted by molar-refractivity contribution is 0.436. The van der Waals surface area contributed by atoms with Gasteiger partial charge in [0, 0.05) is 10.9 Å². The molecular weight excluding hydrogens is 286 g/mol. The van der Waals surface area contributed by atoms with E-state index in [-0.39, 0.29) is 11.6 Å². The minimum atomic E-state index is -0.424. The maximum Gasteiger partial charge on any atom is 0.166 e. The summed E-state index contributed by atoms with van der Waals surface area (Å²) in [7, 11) is 0. The van der Waals surface area contributed by atoms with Crippen LogP contribution in [0.4, 0.5) is 4.39 Å². The first-order valence-electron chi connectivity index (χ1n) is 5.80. The third kappa shape index (κ3) is 3.20. The first-order chi connectivity index (χ1) is 9.01. The lowest BCUT2D eigenvalue weighted by atomic mass is 10.1. The third-order valence-electron chi connectivity index (χ3n) is 2.79. The molecule has 1 nitrogen and oxygen atoms in total. The van der Waals surface area contributed by atoms with Crippen molar-refractivity contribution in [3.05, 3.63) is 57.9 Å². The topological polar surface area (TPSA) is 9.23 Å². The maximum absolute atomic E-state index is 13.9. The smallest absolute Gasteiger partial charge is 0.166 e. The molecule has 2 aromatic rings. The predicted molar refractivity (Wildman–Crippen MR) is 77.0 cm³/mol. The quantitative estimate of drug-likeness (QED) is 0.668. The van der Waals surface area contributed by atoms with E-state index in [1.807, 2.05) is 13.8 Å². The van der Waals surface area contributed by atoms with E-state index in [0.29, 0.717) is 10.8 Å². The summed E-state index contributed by atoms with van der Waals surface area (Å²) in [5.74, 6) is 0.659. The molecule has 0 saturated carbocycles. The van der Waals surface area contributed by atoms with Gasteiger partial charge in [0.05, 0.1) is 0 Å². The summed E-state index contributed by atoms with van der Waals surface area (Å²) >= 11 is 11.6. The summed E-state index contributed by atoms with van der Waals surface area (Å²) in [5, 5.41) is 0.639. The number of benzene rings is 2. The van der Waals surface area contributed by atoms with Gasteiger partial charge < -0.3 is 4.74 Å². The normalized spacial score (nSPS) is 10.6. The van der Waals surface area contributed by atoms with Crippen molar-refractivity contribution >= 4 is 23.2 Å². The maximum atomic E-state index is 13.9. The van der Waals surface area contributed by atoms with Crippen molar-refractivity contribution in [3.8, 4) is 11.5 Å². The van der Waals surface area contributed by atoms with Crippen molar-refractivity contribution in [2.24, 2.45) is 0 Å². The molecule has 0 unspecified atom stereocenters. The van der Waals surface area contributed by atoms with Crippen LogP contribution in [0.25, 0.3) is 0 Å². The van der Waals surface area contributed by atoms with Crippen LogP contribution in [0.5, 0.6) is 11.5 Å². The molecule has 0 N–H and O–H groups in total. The SMILES string of the molecule is Cc1cc(Cl)cc(C)c1Oc1ccc(CCl)cc1F. The van der Waals surface area contributed by atoms with Gasteiger partial charge in [0.2, 0.25) is 0 Å². The highest BCUT2D eigenvalue weighted by atomic mass is 35.5. The Kier molecular flexibility index (Phi) is 4.33. The summed E-state index contributed by atoms with van der Waals surface area (Å²) in [5.41, 5.74) is 2.45. The van der Waals surface area contributed by atoms with Crippen molar-refractivity contribution in [2.75, 3.05) is 0 Å². The number of rotatable bonds is 3. The Morgan fingerprint density at radius 1 is 1.11 bits per heavy atom. The Labute approximate surface area is 121 Å². The molecule has 4 heteroatoms. The fraction of sp³-hybridized carbons (Fsp3) is 0.200. The minimum absolute atomic E-state index is 0.183. The van der Waals surface area contributed by atoms with Crippen LogP contribution < -0.4 is 4.74 Å². The van der Waals surface area contributed by atoms with Crippen LogP contribution in [0.15, 0.2) is 30.3 Å². The standard InChI is InChI=1S/C15H13Cl2FO/c1-9-5-12(17)6-10(2)15(9)19-14-4-3-11(8-16)7-13(14)18/h3-7H,8H2,1-2H3. The van der Waals surface area contributed by atoms with Gasteiger partial charge >= 0.3 is 0 Å². The zero-order valence-electron chi connectivity index (χ0n) is 10.6. The average Bonchev–Trinajstić information content (AvgIpc) is 2.35. The van der Waals surface area contributed by atoms with E-state index in [1.165, 1.54) is 6.07 Å². The molecule has 0 fully saturated rings. The van der Waals surface area contributed by atoms with Crippen molar-refractivity contribution in [2.45, 2.75) is 19.7 Å². The van der Waals surface area contributed by atoms with Crippen LogP contribution in [0.2, 0.25) is 5.02 Å². The van der Waals surface area contributed by atoms with E-state index in [9.17, 15) is 4.39 Å². The van der Waals surface area contributed by atoms with Crippen LogP contribution in [0, 0.1) is 19.7 Å². The van der Waals surface area contributed by atoms with Gasteiger partial charge in [-0.15, -0.1) is 11.6 Å². The van der Waals surface area contributed by atoms with Crippen LogP contribution in [0.3, 0.4) is 0 Å². The number of ether oxygens (including phenoxy) is 1. The molecule has 2 rings (SSSR count). The second-order valence-electron chi connectivity index (χ2n) is 4.37. The second-order valence-corrected chi connectivity index (χ2v) is 5.07. The summed E-state index contributed by atoms with van der Waals surface area (Å²) < 4.78 is 19.5. The summed E-state index contributed by atoms with van der Waals surface area (Å²) in [4.78, 5) is 0. The Hall–Kier alpha value is -1.25. The molecule has 19 heavy (non-hydrogen) atoms. The molecule has 0 spiro atoms. The van der Waals surface area contributed by atoms with E-state index in [1.54, 1.807) is 24.3 Å². The molecule has 0 bridgehead atoms. The number of hydrogen-bond donors (Lipinski definition) is 0. The lowest BCUT2D eigenvalue weighted by Gasteiger charge is -2.13. The Balaban J connectivity index is 2.36. The van der Waals surface area contributed by atoms with Crippen LogP contribution in [-0.2, 0) is 5.88 Å². The average molecular weight is 299 g/mol. The summed E-state index contributed by atoms with van der Waals surface area (Å²) in [6.07, 6.45) is 0. The number of hydrogen-bond acceptors (Lipinski definition) is 1. The van der Waals surface area contributed by atoms with Gasteiger partial charge in [-0.25, -0.2) is 4.39 Å². The highest BCUT2D eigenvalue weighted by Gasteiger charge is 2.10. The molecule has 2 aromatic carbocycles. The summed E-state index contributed by atoms with van der Waals surface area (Å²) in [6, 6.07) is 8.28. The predicted octanol–water partition coefficient (Wildman–Crippen LogP) is 5.63. The molecule has 0 heterocycles. The van der Waals surface area contributed by atoms with Crippen LogP contribution >= 0.6 is 23.2 Å². The largest absolute Gasteiger partial charge is 0.454 e. The molecule has 100 valence electrons. The van der Waals surface area contributed by atoms with Gasteiger partial charge in [-0.2, -0.15) is 0 Å². The molecular formula is C15H13Cl2FO. The first-order valence-corrected chi connectivity index (χ1v) is 6.71. The Bertz CT molecular complexity index is 588. The molecule has 0 aliphatic carbocycles. The Morgan fingerprint density at radius 3 is 2.26 bits per heavy atom. The molecule has 0 aromatic heterocycles. The van der Waals surface area contributed by atoms with Crippen molar-refractivity contribution in [1.29, 1.82) is 0 Å². The Morgan fingerprint density at radius 2 is 1.74 bits per heavy atom. The van der Waals surface area contributed by atoms with Gasteiger partial charge in [-0.1, -0.05) is 17.7 Å². The van der Waals surface area contributed by atoms with Crippen molar-refractivity contribution < 1.29 is 9.13 Å². The van der Waals surface area contributed by atoms with E-state index >= 15 is 0 Å². The van der Waals surface area contributed by atoms with Crippen molar-refractivity contribution in [3.63, 3.8) is 0 Å². The lowest BCUT2D eigenvalue weighted by Crippen LogP contribution is -1.94. The van der Waals surface area contributed by atoms with Crippen LogP contribution in [-0.4, -0.2) is 0 Å². The molecule has 0 atom stereocenters. The first kappa shape index (κ1) is 14.2. The molecule has 0 saturated heterocycles. The zero-order chi connectivity index (χ0) is 14.0.